The van der Waals surface area contributed by atoms with E-state index in [2.05, 4.69) is 39.2 Å². The van der Waals surface area contributed by atoms with Crippen LogP contribution in [0, 0.1) is 12.3 Å². The first-order chi connectivity index (χ1) is 11.8. The first kappa shape index (κ1) is 16.6. The molecule has 1 aliphatic rings. The van der Waals surface area contributed by atoms with Gasteiger partial charge in [0.15, 0.2) is 0 Å². The molecule has 1 saturated heterocycles. The van der Waals surface area contributed by atoms with Crippen LogP contribution in [0.3, 0.4) is 0 Å². The van der Waals surface area contributed by atoms with Gasteiger partial charge in [0.2, 0.25) is 0 Å². The summed E-state index contributed by atoms with van der Waals surface area (Å²) in [4.78, 5) is 11.2. The number of anilines is 1. The third-order valence-corrected chi connectivity index (χ3v) is 4.49. The first-order valence-corrected chi connectivity index (χ1v) is 8.66. The second-order valence-corrected chi connectivity index (χ2v) is 6.33. The standard InChI is InChI=1S/C19H25N5/c1-15-6-5-7-16(12-15)18-17(13-20)19(23-14-22-18)21-8-11-24-9-3-2-4-10-24/h5-7,12-14,20H,2-4,8-11H2,1H3,(H,21,22,23). The molecule has 1 aromatic carbocycles. The van der Waals surface area contributed by atoms with Crippen molar-refractivity contribution < 1.29 is 0 Å². The van der Waals surface area contributed by atoms with Crippen molar-refractivity contribution in [2.75, 3.05) is 31.5 Å². The van der Waals surface area contributed by atoms with Crippen molar-refractivity contribution in [1.29, 1.82) is 5.41 Å². The lowest BCUT2D eigenvalue weighted by molar-refractivity contribution is 0.237. The maximum atomic E-state index is 7.80. The van der Waals surface area contributed by atoms with Crippen LogP contribution < -0.4 is 5.32 Å². The normalized spacial score (nSPS) is 15.2. The van der Waals surface area contributed by atoms with Gasteiger partial charge in [0.25, 0.3) is 0 Å². The van der Waals surface area contributed by atoms with Crippen LogP contribution in [0.1, 0.15) is 30.4 Å². The lowest BCUT2D eigenvalue weighted by atomic mass is 10.0. The van der Waals surface area contributed by atoms with E-state index >= 15 is 0 Å². The van der Waals surface area contributed by atoms with E-state index in [-0.39, 0.29) is 0 Å². The zero-order chi connectivity index (χ0) is 16.8. The molecule has 5 nitrogen and oxygen atoms in total. The van der Waals surface area contributed by atoms with Crippen LogP contribution in [0.5, 0.6) is 0 Å². The minimum Gasteiger partial charge on any atom is -0.368 e. The van der Waals surface area contributed by atoms with Crippen LogP contribution in [-0.2, 0) is 0 Å². The predicted molar refractivity (Wildman–Crippen MR) is 98.9 cm³/mol. The molecule has 0 spiro atoms. The molecule has 0 amide bonds. The van der Waals surface area contributed by atoms with Gasteiger partial charge in [-0.1, -0.05) is 30.2 Å². The average Bonchev–Trinajstić information content (AvgIpc) is 2.62. The minimum atomic E-state index is 0.744. The van der Waals surface area contributed by atoms with Gasteiger partial charge < -0.3 is 15.6 Å². The molecule has 2 aromatic rings. The van der Waals surface area contributed by atoms with E-state index in [9.17, 15) is 0 Å². The van der Waals surface area contributed by atoms with Crippen LogP contribution in [0.25, 0.3) is 11.3 Å². The number of aryl methyl sites for hydroxylation is 1. The number of benzene rings is 1. The molecular formula is C19H25N5. The van der Waals surface area contributed by atoms with E-state index in [1.807, 2.05) is 12.1 Å². The minimum absolute atomic E-state index is 0.744. The van der Waals surface area contributed by atoms with E-state index in [1.165, 1.54) is 44.1 Å². The third kappa shape index (κ3) is 3.97. The number of nitrogens with one attached hydrogen (secondary N) is 2. The Bertz CT molecular complexity index is 692. The summed E-state index contributed by atoms with van der Waals surface area (Å²) >= 11 is 0. The summed E-state index contributed by atoms with van der Waals surface area (Å²) in [5, 5.41) is 11.2. The molecular weight excluding hydrogens is 298 g/mol. The van der Waals surface area contributed by atoms with Crippen molar-refractivity contribution in [3.63, 3.8) is 0 Å². The number of hydrogen-bond donors (Lipinski definition) is 2. The van der Waals surface area contributed by atoms with E-state index in [1.54, 1.807) is 6.33 Å². The topological polar surface area (TPSA) is 64.9 Å². The van der Waals surface area contributed by atoms with Gasteiger partial charge in [0.1, 0.15) is 12.1 Å². The van der Waals surface area contributed by atoms with Crippen molar-refractivity contribution in [2.24, 2.45) is 0 Å². The third-order valence-electron chi connectivity index (χ3n) is 4.49. The van der Waals surface area contributed by atoms with Crippen molar-refractivity contribution in [2.45, 2.75) is 26.2 Å². The summed E-state index contributed by atoms with van der Waals surface area (Å²) in [5.41, 5.74) is 3.77. The van der Waals surface area contributed by atoms with E-state index in [4.69, 9.17) is 5.41 Å². The molecule has 5 heteroatoms. The maximum Gasteiger partial charge on any atom is 0.138 e. The van der Waals surface area contributed by atoms with Crippen LogP contribution in [0.2, 0.25) is 0 Å². The van der Waals surface area contributed by atoms with Crippen molar-refractivity contribution in [3.8, 4) is 11.3 Å². The number of nitrogens with zero attached hydrogens (tertiary/aromatic N) is 3. The van der Waals surface area contributed by atoms with Gasteiger partial charge in [-0.15, -0.1) is 0 Å². The molecule has 0 atom stereocenters. The molecule has 2 heterocycles. The number of hydrogen-bond acceptors (Lipinski definition) is 5. The molecule has 1 aromatic heterocycles. The molecule has 3 rings (SSSR count). The lowest BCUT2D eigenvalue weighted by Gasteiger charge is -2.26. The van der Waals surface area contributed by atoms with Gasteiger partial charge in [-0.05, 0) is 38.9 Å². The molecule has 24 heavy (non-hydrogen) atoms. The molecule has 1 aliphatic heterocycles. The fourth-order valence-electron chi connectivity index (χ4n) is 3.21. The predicted octanol–water partition coefficient (Wildman–Crippen LogP) is 3.35. The number of piperidine rings is 1. The Balaban J connectivity index is 1.73. The van der Waals surface area contributed by atoms with Crippen molar-refractivity contribution >= 4 is 12.0 Å². The Labute approximate surface area is 143 Å². The summed E-state index contributed by atoms with van der Waals surface area (Å²) in [6.45, 7) is 6.30. The van der Waals surface area contributed by atoms with Crippen molar-refractivity contribution in [3.05, 3.63) is 41.7 Å². The van der Waals surface area contributed by atoms with Gasteiger partial charge in [0.05, 0.1) is 11.3 Å². The van der Waals surface area contributed by atoms with Crippen LogP contribution in [0.15, 0.2) is 30.6 Å². The zero-order valence-corrected chi connectivity index (χ0v) is 14.3. The van der Waals surface area contributed by atoms with Gasteiger partial charge in [-0.2, -0.15) is 0 Å². The monoisotopic (exact) mass is 323 g/mol. The second-order valence-electron chi connectivity index (χ2n) is 6.33. The average molecular weight is 323 g/mol. The molecule has 0 saturated carbocycles. The van der Waals surface area contributed by atoms with Gasteiger partial charge in [-0.25, -0.2) is 9.97 Å². The van der Waals surface area contributed by atoms with Gasteiger partial charge in [0, 0.05) is 24.9 Å². The SMILES string of the molecule is Cc1cccc(-c2ncnc(NCCN3CCCCC3)c2C=N)c1. The number of likely N-dealkylation sites (tertiary alicyclic amines) is 1. The Hall–Kier alpha value is -2.27. The molecule has 0 unspecified atom stereocenters. The van der Waals surface area contributed by atoms with Crippen LogP contribution in [0.4, 0.5) is 5.82 Å². The van der Waals surface area contributed by atoms with Gasteiger partial charge >= 0.3 is 0 Å². The second kappa shape index (κ2) is 8.02. The number of aromatic nitrogens is 2. The molecule has 1 fully saturated rings. The van der Waals surface area contributed by atoms with Crippen LogP contribution in [-0.4, -0.2) is 47.3 Å². The highest BCUT2D eigenvalue weighted by molar-refractivity contribution is 5.92. The number of rotatable bonds is 6. The highest BCUT2D eigenvalue weighted by Crippen LogP contribution is 2.24. The lowest BCUT2D eigenvalue weighted by Crippen LogP contribution is -2.33. The first-order valence-electron chi connectivity index (χ1n) is 8.66. The maximum absolute atomic E-state index is 7.80. The largest absolute Gasteiger partial charge is 0.368 e. The molecule has 126 valence electrons. The Morgan fingerprint density at radius 1 is 1.21 bits per heavy atom. The Morgan fingerprint density at radius 3 is 2.79 bits per heavy atom. The highest BCUT2D eigenvalue weighted by Gasteiger charge is 2.13. The summed E-state index contributed by atoms with van der Waals surface area (Å²) < 4.78 is 0. The fourth-order valence-corrected chi connectivity index (χ4v) is 3.21. The summed E-state index contributed by atoms with van der Waals surface area (Å²) in [7, 11) is 0. The summed E-state index contributed by atoms with van der Waals surface area (Å²) in [6.07, 6.45) is 6.88. The van der Waals surface area contributed by atoms with Crippen molar-refractivity contribution in [1.82, 2.24) is 14.9 Å². The summed E-state index contributed by atoms with van der Waals surface area (Å²) in [5.74, 6) is 0.744. The van der Waals surface area contributed by atoms with Gasteiger partial charge in [-0.3, -0.25) is 0 Å². The summed E-state index contributed by atoms with van der Waals surface area (Å²) in [6, 6.07) is 8.20. The quantitative estimate of drug-likeness (QED) is 0.800. The van der Waals surface area contributed by atoms with E-state index in [0.29, 0.717) is 0 Å². The van der Waals surface area contributed by atoms with E-state index in [0.717, 1.165) is 35.7 Å². The van der Waals surface area contributed by atoms with E-state index < -0.39 is 0 Å². The zero-order valence-electron chi connectivity index (χ0n) is 14.3. The highest BCUT2D eigenvalue weighted by atomic mass is 15.1. The van der Waals surface area contributed by atoms with Crippen LogP contribution >= 0.6 is 0 Å². The fraction of sp³-hybridized carbons (Fsp3) is 0.421. The smallest absolute Gasteiger partial charge is 0.138 e. The Morgan fingerprint density at radius 2 is 2.04 bits per heavy atom. The molecule has 0 radical (unpaired) electrons. The molecule has 2 N–H and O–H groups in total. The molecule has 0 aliphatic carbocycles. The Kier molecular flexibility index (Phi) is 5.54. The molecule has 0 bridgehead atoms.